The lowest BCUT2D eigenvalue weighted by atomic mass is 10.1. The van der Waals surface area contributed by atoms with Crippen LogP contribution in [0.2, 0.25) is 5.02 Å². The summed E-state index contributed by atoms with van der Waals surface area (Å²) in [5, 5.41) is 6.19. The number of hydrogen-bond donors (Lipinski definition) is 2. The summed E-state index contributed by atoms with van der Waals surface area (Å²) in [6.07, 6.45) is 0.312. The lowest BCUT2D eigenvalue weighted by Crippen LogP contribution is -2.13. The third-order valence-corrected chi connectivity index (χ3v) is 3.92. The Hall–Kier alpha value is -2.33. The molecule has 3 rings (SSSR count). The van der Waals surface area contributed by atoms with Crippen molar-refractivity contribution >= 4 is 34.8 Å². The molecule has 0 aromatic heterocycles. The maximum Gasteiger partial charge on any atom is 0.255 e. The zero-order chi connectivity index (χ0) is 15.0. The van der Waals surface area contributed by atoms with Gasteiger partial charge in [0, 0.05) is 22.0 Å². The summed E-state index contributed by atoms with van der Waals surface area (Å²) < 4.78 is 0. The standard InChI is InChI=1S/C16H13ClN2O2/c1-9-12(17)3-2-4-13(9)19-16(21)10-5-6-14-11(7-10)8-15(20)18-14/h2-7H,8H2,1H3,(H,18,20)(H,19,21). The largest absolute Gasteiger partial charge is 0.326 e. The van der Waals surface area contributed by atoms with Gasteiger partial charge >= 0.3 is 0 Å². The monoisotopic (exact) mass is 300 g/mol. The summed E-state index contributed by atoms with van der Waals surface area (Å²) in [5.74, 6) is -0.268. The van der Waals surface area contributed by atoms with Crippen LogP contribution in [0.3, 0.4) is 0 Å². The first kappa shape index (κ1) is 13.6. The van der Waals surface area contributed by atoms with Gasteiger partial charge < -0.3 is 10.6 Å². The molecular weight excluding hydrogens is 288 g/mol. The van der Waals surface area contributed by atoms with E-state index in [1.54, 1.807) is 36.4 Å². The smallest absolute Gasteiger partial charge is 0.255 e. The summed E-state index contributed by atoms with van der Waals surface area (Å²) >= 11 is 6.04. The molecule has 2 amide bonds. The van der Waals surface area contributed by atoms with Gasteiger partial charge in [0.1, 0.15) is 0 Å². The van der Waals surface area contributed by atoms with Crippen LogP contribution in [0.15, 0.2) is 36.4 Å². The van der Waals surface area contributed by atoms with E-state index in [0.717, 1.165) is 16.8 Å². The first-order valence-electron chi connectivity index (χ1n) is 6.54. The van der Waals surface area contributed by atoms with Crippen LogP contribution in [0.1, 0.15) is 21.5 Å². The average molecular weight is 301 g/mol. The summed E-state index contributed by atoms with van der Waals surface area (Å²) in [5.41, 5.74) is 3.64. The van der Waals surface area contributed by atoms with E-state index in [1.807, 2.05) is 6.92 Å². The number of halogens is 1. The second-order valence-electron chi connectivity index (χ2n) is 4.96. The number of hydrogen-bond acceptors (Lipinski definition) is 2. The number of benzene rings is 2. The lowest BCUT2D eigenvalue weighted by molar-refractivity contribution is -0.115. The number of anilines is 2. The van der Waals surface area contributed by atoms with Crippen molar-refractivity contribution in [2.45, 2.75) is 13.3 Å². The third-order valence-electron chi connectivity index (χ3n) is 3.51. The Labute approximate surface area is 127 Å². The fraction of sp³-hybridized carbons (Fsp3) is 0.125. The number of fused-ring (bicyclic) bond motifs is 1. The first-order chi connectivity index (χ1) is 10.0. The van der Waals surface area contributed by atoms with E-state index in [1.165, 1.54) is 0 Å². The number of amides is 2. The quantitative estimate of drug-likeness (QED) is 0.893. The fourth-order valence-electron chi connectivity index (χ4n) is 2.31. The minimum atomic E-state index is -0.220. The van der Waals surface area contributed by atoms with Gasteiger partial charge in [0.15, 0.2) is 0 Å². The van der Waals surface area contributed by atoms with Crippen LogP contribution in [0.4, 0.5) is 11.4 Å². The first-order valence-corrected chi connectivity index (χ1v) is 6.91. The van der Waals surface area contributed by atoms with Crippen LogP contribution in [0.5, 0.6) is 0 Å². The van der Waals surface area contributed by atoms with Crippen molar-refractivity contribution in [3.63, 3.8) is 0 Å². The Morgan fingerprint density at radius 2 is 2.10 bits per heavy atom. The molecule has 0 saturated heterocycles. The normalized spacial score (nSPS) is 12.8. The van der Waals surface area contributed by atoms with Crippen LogP contribution >= 0.6 is 11.6 Å². The molecule has 2 aromatic rings. The maximum absolute atomic E-state index is 12.3. The molecule has 21 heavy (non-hydrogen) atoms. The molecule has 0 radical (unpaired) electrons. The van der Waals surface area contributed by atoms with E-state index in [2.05, 4.69) is 10.6 Å². The maximum atomic E-state index is 12.3. The van der Waals surface area contributed by atoms with E-state index in [9.17, 15) is 9.59 Å². The van der Waals surface area contributed by atoms with Crippen molar-refractivity contribution in [1.29, 1.82) is 0 Å². The predicted molar refractivity (Wildman–Crippen MR) is 82.9 cm³/mol. The lowest BCUT2D eigenvalue weighted by Gasteiger charge is -2.10. The number of carbonyl (C=O) groups excluding carboxylic acids is 2. The zero-order valence-corrected chi connectivity index (χ0v) is 12.1. The molecule has 0 bridgehead atoms. The second kappa shape index (κ2) is 5.22. The van der Waals surface area contributed by atoms with E-state index < -0.39 is 0 Å². The van der Waals surface area contributed by atoms with E-state index in [0.29, 0.717) is 22.7 Å². The molecule has 2 N–H and O–H groups in total. The Bertz CT molecular complexity index is 756. The number of carbonyl (C=O) groups is 2. The average Bonchev–Trinajstić information content (AvgIpc) is 2.82. The van der Waals surface area contributed by atoms with Crippen molar-refractivity contribution in [3.05, 3.63) is 58.1 Å². The Kier molecular flexibility index (Phi) is 3.39. The molecule has 1 aliphatic rings. The SMILES string of the molecule is Cc1c(Cl)cccc1NC(=O)c1ccc2c(c1)CC(=O)N2. The molecule has 0 unspecified atom stereocenters. The van der Waals surface area contributed by atoms with Crippen LogP contribution in [-0.4, -0.2) is 11.8 Å². The minimum absolute atomic E-state index is 0.0479. The molecule has 0 aliphatic carbocycles. The van der Waals surface area contributed by atoms with Crippen LogP contribution in [-0.2, 0) is 11.2 Å². The zero-order valence-electron chi connectivity index (χ0n) is 11.4. The highest BCUT2D eigenvalue weighted by Crippen LogP contribution is 2.26. The van der Waals surface area contributed by atoms with Gasteiger partial charge in [0.2, 0.25) is 5.91 Å². The molecule has 2 aromatic carbocycles. The third kappa shape index (κ3) is 2.62. The Morgan fingerprint density at radius 3 is 2.90 bits per heavy atom. The van der Waals surface area contributed by atoms with Crippen molar-refractivity contribution in [1.82, 2.24) is 0 Å². The van der Waals surface area contributed by atoms with Crippen molar-refractivity contribution in [2.75, 3.05) is 10.6 Å². The number of rotatable bonds is 2. The summed E-state index contributed by atoms with van der Waals surface area (Å²) in [7, 11) is 0. The summed E-state index contributed by atoms with van der Waals surface area (Å²) in [6.45, 7) is 1.85. The summed E-state index contributed by atoms with van der Waals surface area (Å²) in [6, 6.07) is 10.6. The van der Waals surface area contributed by atoms with Gasteiger partial charge in [-0.3, -0.25) is 9.59 Å². The highest BCUT2D eigenvalue weighted by molar-refractivity contribution is 6.31. The fourth-order valence-corrected chi connectivity index (χ4v) is 2.48. The van der Waals surface area contributed by atoms with Gasteiger partial charge in [-0.15, -0.1) is 0 Å². The molecule has 0 spiro atoms. The number of nitrogens with one attached hydrogen (secondary N) is 2. The van der Waals surface area contributed by atoms with Gasteiger partial charge in [-0.05, 0) is 48.4 Å². The Balaban J connectivity index is 1.85. The van der Waals surface area contributed by atoms with Gasteiger partial charge in [0.25, 0.3) is 5.91 Å². The predicted octanol–water partition coefficient (Wildman–Crippen LogP) is 3.40. The molecule has 4 nitrogen and oxygen atoms in total. The van der Waals surface area contributed by atoms with Crippen molar-refractivity contribution in [3.8, 4) is 0 Å². The highest BCUT2D eigenvalue weighted by atomic mass is 35.5. The minimum Gasteiger partial charge on any atom is -0.326 e. The van der Waals surface area contributed by atoms with Gasteiger partial charge in [-0.1, -0.05) is 17.7 Å². The molecule has 1 aliphatic heterocycles. The van der Waals surface area contributed by atoms with Crippen LogP contribution in [0.25, 0.3) is 0 Å². The van der Waals surface area contributed by atoms with E-state index >= 15 is 0 Å². The van der Waals surface area contributed by atoms with E-state index in [-0.39, 0.29) is 11.8 Å². The Morgan fingerprint density at radius 1 is 1.29 bits per heavy atom. The summed E-state index contributed by atoms with van der Waals surface area (Å²) in [4.78, 5) is 23.6. The topological polar surface area (TPSA) is 58.2 Å². The molecule has 5 heteroatoms. The molecular formula is C16H13ClN2O2. The van der Waals surface area contributed by atoms with E-state index in [4.69, 9.17) is 11.6 Å². The van der Waals surface area contributed by atoms with Gasteiger partial charge in [-0.2, -0.15) is 0 Å². The molecule has 0 atom stereocenters. The van der Waals surface area contributed by atoms with Crippen molar-refractivity contribution in [2.24, 2.45) is 0 Å². The molecule has 106 valence electrons. The van der Waals surface area contributed by atoms with Gasteiger partial charge in [-0.25, -0.2) is 0 Å². The molecule has 0 fully saturated rings. The van der Waals surface area contributed by atoms with Gasteiger partial charge in [0.05, 0.1) is 6.42 Å². The molecule has 1 heterocycles. The van der Waals surface area contributed by atoms with Crippen LogP contribution < -0.4 is 10.6 Å². The highest BCUT2D eigenvalue weighted by Gasteiger charge is 2.19. The molecule has 0 saturated carbocycles. The van der Waals surface area contributed by atoms with Crippen LogP contribution in [0, 0.1) is 6.92 Å². The van der Waals surface area contributed by atoms with Crippen molar-refractivity contribution < 1.29 is 9.59 Å². The second-order valence-corrected chi connectivity index (χ2v) is 5.37.